The molecule has 3 rings (SSSR count). The molecule has 22 heavy (non-hydrogen) atoms. The second kappa shape index (κ2) is 5.91. The molecule has 1 heterocycles. The van der Waals surface area contributed by atoms with Crippen molar-refractivity contribution in [2.45, 2.75) is 0 Å². The lowest BCUT2D eigenvalue weighted by atomic mass is 10.1. The summed E-state index contributed by atoms with van der Waals surface area (Å²) in [5.41, 5.74) is 1.48. The predicted molar refractivity (Wildman–Crippen MR) is 89.6 cm³/mol. The van der Waals surface area contributed by atoms with Crippen LogP contribution in [0.1, 0.15) is 20.7 Å². The van der Waals surface area contributed by atoms with E-state index in [4.69, 9.17) is 23.2 Å². The van der Waals surface area contributed by atoms with E-state index >= 15 is 0 Å². The number of nitrogens with zero attached hydrogens (tertiary/aromatic N) is 1. The van der Waals surface area contributed by atoms with Crippen LogP contribution in [0.3, 0.4) is 0 Å². The van der Waals surface area contributed by atoms with Gasteiger partial charge in [-0.3, -0.25) is 14.5 Å². The molecule has 0 aromatic heterocycles. The van der Waals surface area contributed by atoms with Gasteiger partial charge in [0.15, 0.2) is 0 Å². The van der Waals surface area contributed by atoms with Crippen molar-refractivity contribution in [1.82, 2.24) is 4.90 Å². The molecule has 0 atom stereocenters. The molecule has 0 bridgehead atoms. The van der Waals surface area contributed by atoms with Crippen molar-refractivity contribution in [3.8, 4) is 0 Å². The molecule has 0 radical (unpaired) electrons. The van der Waals surface area contributed by atoms with E-state index in [2.05, 4.69) is 21.2 Å². The lowest BCUT2D eigenvalue weighted by Gasteiger charge is -2.15. The molecule has 0 saturated carbocycles. The molecule has 1 N–H and O–H groups in total. The molecule has 0 saturated heterocycles. The van der Waals surface area contributed by atoms with Crippen molar-refractivity contribution in [2.75, 3.05) is 12.0 Å². The molecule has 2 aromatic rings. The summed E-state index contributed by atoms with van der Waals surface area (Å²) in [5, 5.41) is 3.84. The molecular formula is C15H9BrCl2N2O2. The van der Waals surface area contributed by atoms with Gasteiger partial charge in [-0.15, -0.1) is 0 Å². The van der Waals surface area contributed by atoms with Gasteiger partial charge in [0, 0.05) is 10.2 Å². The van der Waals surface area contributed by atoms with Gasteiger partial charge >= 0.3 is 0 Å². The average Bonchev–Trinajstić information content (AvgIpc) is 2.72. The molecule has 2 aromatic carbocycles. The SMILES string of the molecule is O=C1c2ccc(Br)cc2C(=O)N1CNc1ccc(Cl)c(Cl)c1. The molecule has 112 valence electrons. The van der Waals surface area contributed by atoms with Crippen molar-refractivity contribution in [2.24, 2.45) is 0 Å². The number of halogens is 3. The zero-order valence-electron chi connectivity index (χ0n) is 11.1. The molecule has 1 aliphatic heterocycles. The third-order valence-corrected chi connectivity index (χ3v) is 4.53. The van der Waals surface area contributed by atoms with E-state index in [9.17, 15) is 9.59 Å². The molecule has 1 aliphatic rings. The normalized spacial score (nSPS) is 13.5. The molecule has 2 amide bonds. The summed E-state index contributed by atoms with van der Waals surface area (Å²) in [4.78, 5) is 25.7. The number of imide groups is 1. The minimum absolute atomic E-state index is 0.0575. The van der Waals surface area contributed by atoms with Crippen LogP contribution in [0.25, 0.3) is 0 Å². The van der Waals surface area contributed by atoms with Gasteiger partial charge in [-0.05, 0) is 36.4 Å². The van der Waals surface area contributed by atoms with E-state index in [-0.39, 0.29) is 18.5 Å². The number of rotatable bonds is 3. The van der Waals surface area contributed by atoms with E-state index in [0.717, 1.165) is 9.37 Å². The molecule has 4 nitrogen and oxygen atoms in total. The van der Waals surface area contributed by atoms with Crippen molar-refractivity contribution >= 4 is 56.6 Å². The third-order valence-electron chi connectivity index (χ3n) is 3.29. The maximum absolute atomic E-state index is 12.3. The summed E-state index contributed by atoms with van der Waals surface area (Å²) >= 11 is 15.1. The minimum Gasteiger partial charge on any atom is -0.367 e. The van der Waals surface area contributed by atoms with Crippen LogP contribution in [-0.2, 0) is 0 Å². The Bertz CT molecular complexity index is 795. The minimum atomic E-state index is -0.325. The first-order chi connectivity index (χ1) is 10.5. The summed E-state index contributed by atoms with van der Waals surface area (Å²) in [6.07, 6.45) is 0. The average molecular weight is 400 g/mol. The highest BCUT2D eigenvalue weighted by Crippen LogP contribution is 2.27. The van der Waals surface area contributed by atoms with Crippen molar-refractivity contribution in [3.05, 3.63) is 62.0 Å². The maximum Gasteiger partial charge on any atom is 0.263 e. The first kappa shape index (κ1) is 15.3. The fourth-order valence-corrected chi connectivity index (χ4v) is 2.84. The predicted octanol–water partition coefficient (Wildman–Crippen LogP) is 4.42. The molecular weight excluding hydrogens is 391 g/mol. The van der Waals surface area contributed by atoms with Crippen LogP contribution < -0.4 is 5.32 Å². The molecule has 7 heteroatoms. The fraction of sp³-hybridized carbons (Fsp3) is 0.0667. The molecule has 0 spiro atoms. The van der Waals surface area contributed by atoms with Crippen molar-refractivity contribution < 1.29 is 9.59 Å². The largest absolute Gasteiger partial charge is 0.367 e. The van der Waals surface area contributed by atoms with Crippen molar-refractivity contribution in [1.29, 1.82) is 0 Å². The smallest absolute Gasteiger partial charge is 0.263 e. The Morgan fingerprint density at radius 1 is 0.955 bits per heavy atom. The Hall–Kier alpha value is -1.56. The fourth-order valence-electron chi connectivity index (χ4n) is 2.18. The number of anilines is 1. The number of hydrogen-bond donors (Lipinski definition) is 1. The second-order valence-electron chi connectivity index (χ2n) is 4.69. The van der Waals surface area contributed by atoms with Gasteiger partial charge < -0.3 is 5.32 Å². The van der Waals surface area contributed by atoms with Gasteiger partial charge in [0.1, 0.15) is 0 Å². The molecule has 0 fully saturated rings. The number of benzene rings is 2. The number of fused-ring (bicyclic) bond motifs is 1. The Labute approximate surface area is 145 Å². The standard InChI is InChI=1S/C15H9BrCl2N2O2/c16-8-1-3-10-11(5-8)15(22)20(14(10)21)7-19-9-2-4-12(17)13(18)6-9/h1-6,19H,7H2. The van der Waals surface area contributed by atoms with E-state index in [1.807, 2.05) is 0 Å². The summed E-state index contributed by atoms with van der Waals surface area (Å²) in [5.74, 6) is -0.645. The van der Waals surface area contributed by atoms with Crippen molar-refractivity contribution in [3.63, 3.8) is 0 Å². The van der Waals surface area contributed by atoms with Gasteiger partial charge in [0.25, 0.3) is 11.8 Å². The first-order valence-electron chi connectivity index (χ1n) is 6.32. The lowest BCUT2D eigenvalue weighted by molar-refractivity contribution is 0.0666. The Kier molecular flexibility index (Phi) is 4.12. The van der Waals surface area contributed by atoms with Crippen LogP contribution in [0, 0.1) is 0 Å². The van der Waals surface area contributed by atoms with Gasteiger partial charge in [-0.1, -0.05) is 39.1 Å². The van der Waals surface area contributed by atoms with Crippen LogP contribution in [-0.4, -0.2) is 23.4 Å². The number of carbonyl (C=O) groups is 2. The highest BCUT2D eigenvalue weighted by atomic mass is 79.9. The van der Waals surface area contributed by atoms with Gasteiger partial charge in [0.2, 0.25) is 0 Å². The zero-order valence-corrected chi connectivity index (χ0v) is 14.2. The first-order valence-corrected chi connectivity index (χ1v) is 7.87. The maximum atomic E-state index is 12.3. The van der Waals surface area contributed by atoms with Crippen LogP contribution in [0.2, 0.25) is 10.0 Å². The highest BCUT2D eigenvalue weighted by molar-refractivity contribution is 9.10. The van der Waals surface area contributed by atoms with Crippen LogP contribution >= 0.6 is 39.1 Å². The summed E-state index contributed by atoms with van der Waals surface area (Å²) in [6.45, 7) is 0.0575. The van der Waals surface area contributed by atoms with E-state index in [1.54, 1.807) is 36.4 Å². The van der Waals surface area contributed by atoms with Crippen LogP contribution in [0.5, 0.6) is 0 Å². The molecule has 0 aliphatic carbocycles. The van der Waals surface area contributed by atoms with Crippen LogP contribution in [0.4, 0.5) is 5.69 Å². The monoisotopic (exact) mass is 398 g/mol. The third kappa shape index (κ3) is 2.72. The Morgan fingerprint density at radius 2 is 1.68 bits per heavy atom. The number of amides is 2. The van der Waals surface area contributed by atoms with Gasteiger partial charge in [-0.25, -0.2) is 0 Å². The number of hydrogen-bond acceptors (Lipinski definition) is 3. The van der Waals surface area contributed by atoms with Crippen LogP contribution in [0.15, 0.2) is 40.9 Å². The van der Waals surface area contributed by atoms with Gasteiger partial charge in [0.05, 0.1) is 27.8 Å². The topological polar surface area (TPSA) is 49.4 Å². The Balaban J connectivity index is 1.78. The summed E-state index contributed by atoms with van der Waals surface area (Å²) in [7, 11) is 0. The van der Waals surface area contributed by atoms with E-state index in [0.29, 0.717) is 26.9 Å². The second-order valence-corrected chi connectivity index (χ2v) is 6.42. The lowest BCUT2D eigenvalue weighted by Crippen LogP contribution is -2.34. The van der Waals surface area contributed by atoms with E-state index < -0.39 is 0 Å². The number of carbonyl (C=O) groups excluding carboxylic acids is 2. The van der Waals surface area contributed by atoms with E-state index in [1.165, 1.54) is 0 Å². The zero-order chi connectivity index (χ0) is 15.9. The highest BCUT2D eigenvalue weighted by Gasteiger charge is 2.35. The summed E-state index contributed by atoms with van der Waals surface area (Å²) < 4.78 is 0.756. The summed E-state index contributed by atoms with van der Waals surface area (Å²) in [6, 6.07) is 10.0. The number of nitrogens with one attached hydrogen (secondary N) is 1. The molecule has 0 unspecified atom stereocenters. The quantitative estimate of drug-likeness (QED) is 0.777. The Morgan fingerprint density at radius 3 is 2.41 bits per heavy atom. The van der Waals surface area contributed by atoms with Gasteiger partial charge in [-0.2, -0.15) is 0 Å².